The zero-order valence-corrected chi connectivity index (χ0v) is 18.7. The Kier molecular flexibility index (Phi) is 5.15. The van der Waals surface area contributed by atoms with Crippen molar-refractivity contribution in [2.45, 2.75) is 0 Å². The van der Waals surface area contributed by atoms with Crippen LogP contribution in [0.4, 0.5) is 17.5 Å². The molecule has 5 aromatic rings. The summed E-state index contributed by atoms with van der Waals surface area (Å²) < 4.78 is 12.5. The molecule has 9 nitrogen and oxygen atoms in total. The van der Waals surface area contributed by atoms with Gasteiger partial charge in [-0.15, -0.1) is 0 Å². The van der Waals surface area contributed by atoms with Gasteiger partial charge in [-0.05, 0) is 18.2 Å². The van der Waals surface area contributed by atoms with E-state index in [1.54, 1.807) is 6.26 Å². The highest BCUT2D eigenvalue weighted by atomic mass is 16.5. The standard InChI is InChI=1S/C25H23N7O2/c1-31-23-12-18(2-3-19(23)14-27-31)21-13-24(30-25(29-21)32-8-10-33-11-9-32)28-20-6-4-17(5-7-20)22-15-34-16-26-22/h2-7,12-16H,8-11H2,1H3,(H,28,29,30). The molecule has 1 N–H and O–H groups in total. The van der Waals surface area contributed by atoms with Gasteiger partial charge in [0.25, 0.3) is 0 Å². The Balaban J connectivity index is 1.36. The third-order valence-electron chi connectivity index (χ3n) is 5.94. The van der Waals surface area contributed by atoms with Crippen LogP contribution in [-0.4, -0.2) is 51.0 Å². The Morgan fingerprint density at radius 1 is 0.912 bits per heavy atom. The number of aryl methyl sites for hydroxylation is 1. The molecule has 9 heteroatoms. The lowest BCUT2D eigenvalue weighted by atomic mass is 10.1. The molecule has 0 radical (unpaired) electrons. The monoisotopic (exact) mass is 453 g/mol. The molecule has 34 heavy (non-hydrogen) atoms. The quantitative estimate of drug-likeness (QED) is 0.422. The molecule has 2 aromatic carbocycles. The van der Waals surface area contributed by atoms with E-state index in [-0.39, 0.29) is 0 Å². The molecule has 170 valence electrons. The van der Waals surface area contributed by atoms with Crippen molar-refractivity contribution in [1.29, 1.82) is 0 Å². The lowest BCUT2D eigenvalue weighted by molar-refractivity contribution is 0.122. The number of aromatic nitrogens is 5. The minimum Gasteiger partial charge on any atom is -0.451 e. The van der Waals surface area contributed by atoms with Crippen LogP contribution in [0.15, 0.2) is 71.8 Å². The van der Waals surface area contributed by atoms with Gasteiger partial charge in [-0.2, -0.15) is 10.1 Å². The number of hydrogen-bond acceptors (Lipinski definition) is 8. The molecule has 6 rings (SSSR count). The van der Waals surface area contributed by atoms with Crippen molar-refractivity contribution in [3.05, 3.63) is 67.4 Å². The van der Waals surface area contributed by atoms with Crippen molar-refractivity contribution in [3.8, 4) is 22.5 Å². The molecular weight excluding hydrogens is 430 g/mol. The second-order valence-corrected chi connectivity index (χ2v) is 8.16. The molecule has 0 saturated carbocycles. The topological polar surface area (TPSA) is 94.1 Å². The molecular formula is C25H23N7O2. The highest BCUT2D eigenvalue weighted by Gasteiger charge is 2.17. The smallest absolute Gasteiger partial charge is 0.228 e. The lowest BCUT2D eigenvalue weighted by Crippen LogP contribution is -2.37. The molecule has 0 atom stereocenters. The largest absolute Gasteiger partial charge is 0.451 e. The number of oxazole rings is 1. The predicted molar refractivity (Wildman–Crippen MR) is 130 cm³/mol. The second-order valence-electron chi connectivity index (χ2n) is 8.16. The fourth-order valence-corrected chi connectivity index (χ4v) is 4.08. The number of hydrogen-bond donors (Lipinski definition) is 1. The van der Waals surface area contributed by atoms with E-state index in [1.165, 1.54) is 6.39 Å². The summed E-state index contributed by atoms with van der Waals surface area (Å²) in [6.07, 6.45) is 4.93. The Morgan fingerprint density at radius 2 is 1.74 bits per heavy atom. The average molecular weight is 454 g/mol. The highest BCUT2D eigenvalue weighted by Crippen LogP contribution is 2.28. The van der Waals surface area contributed by atoms with E-state index in [0.29, 0.717) is 19.2 Å². The van der Waals surface area contributed by atoms with Crippen LogP contribution >= 0.6 is 0 Å². The molecule has 0 spiro atoms. The van der Waals surface area contributed by atoms with Crippen LogP contribution in [0.2, 0.25) is 0 Å². The summed E-state index contributed by atoms with van der Waals surface area (Å²) in [4.78, 5) is 16.1. The van der Waals surface area contributed by atoms with Crippen LogP contribution in [0.25, 0.3) is 33.4 Å². The maximum absolute atomic E-state index is 5.52. The molecule has 0 bridgehead atoms. The van der Waals surface area contributed by atoms with Gasteiger partial charge in [0, 0.05) is 48.4 Å². The Bertz CT molecular complexity index is 1420. The Hall–Kier alpha value is -4.24. The van der Waals surface area contributed by atoms with Gasteiger partial charge in [-0.1, -0.05) is 24.3 Å². The first-order valence-corrected chi connectivity index (χ1v) is 11.1. The molecule has 0 amide bonds. The van der Waals surface area contributed by atoms with E-state index < -0.39 is 0 Å². The zero-order chi connectivity index (χ0) is 22.9. The fraction of sp³-hybridized carbons (Fsp3) is 0.200. The molecule has 1 aliphatic heterocycles. The summed E-state index contributed by atoms with van der Waals surface area (Å²) in [6.45, 7) is 2.85. The minimum atomic E-state index is 0.667. The number of benzene rings is 2. The predicted octanol–water partition coefficient (Wildman–Crippen LogP) is 4.27. The normalized spacial score (nSPS) is 14.0. The molecule has 4 heterocycles. The van der Waals surface area contributed by atoms with E-state index in [1.807, 2.05) is 48.3 Å². The summed E-state index contributed by atoms with van der Waals surface area (Å²) in [7, 11) is 1.95. The van der Waals surface area contributed by atoms with Crippen molar-refractivity contribution in [3.63, 3.8) is 0 Å². The fourth-order valence-electron chi connectivity index (χ4n) is 4.08. The number of ether oxygens (including phenoxy) is 1. The van der Waals surface area contributed by atoms with Crippen molar-refractivity contribution in [2.75, 3.05) is 36.5 Å². The first-order chi connectivity index (χ1) is 16.7. The summed E-state index contributed by atoms with van der Waals surface area (Å²) in [5.74, 6) is 1.42. The third kappa shape index (κ3) is 3.97. The van der Waals surface area contributed by atoms with Crippen LogP contribution in [0, 0.1) is 0 Å². The SMILES string of the molecule is Cn1ncc2ccc(-c3cc(Nc4ccc(-c5cocn5)cc4)nc(N4CCOCC4)n3)cc21. The Labute approximate surface area is 196 Å². The van der Waals surface area contributed by atoms with Gasteiger partial charge < -0.3 is 19.4 Å². The van der Waals surface area contributed by atoms with Crippen LogP contribution < -0.4 is 10.2 Å². The number of morpholine rings is 1. The minimum absolute atomic E-state index is 0.667. The molecule has 0 aliphatic carbocycles. The van der Waals surface area contributed by atoms with Gasteiger partial charge in [-0.25, -0.2) is 9.97 Å². The zero-order valence-electron chi connectivity index (χ0n) is 18.7. The van der Waals surface area contributed by atoms with Crippen molar-refractivity contribution < 1.29 is 9.15 Å². The summed E-state index contributed by atoms with van der Waals surface area (Å²) >= 11 is 0. The van der Waals surface area contributed by atoms with Crippen LogP contribution in [0.5, 0.6) is 0 Å². The summed E-state index contributed by atoms with van der Waals surface area (Å²) in [6, 6.07) is 16.2. The van der Waals surface area contributed by atoms with Gasteiger partial charge in [-0.3, -0.25) is 4.68 Å². The molecule has 3 aromatic heterocycles. The van der Waals surface area contributed by atoms with Crippen LogP contribution in [-0.2, 0) is 11.8 Å². The average Bonchev–Trinajstić information content (AvgIpc) is 3.55. The first-order valence-electron chi connectivity index (χ1n) is 11.1. The molecule has 1 fully saturated rings. The number of fused-ring (bicyclic) bond motifs is 1. The van der Waals surface area contributed by atoms with Gasteiger partial charge in [0.1, 0.15) is 17.8 Å². The Morgan fingerprint density at radius 3 is 2.53 bits per heavy atom. The van der Waals surface area contributed by atoms with Gasteiger partial charge in [0.15, 0.2) is 6.39 Å². The lowest BCUT2D eigenvalue weighted by Gasteiger charge is -2.27. The molecule has 1 aliphatic rings. The van der Waals surface area contributed by atoms with E-state index in [0.717, 1.165) is 58.0 Å². The highest BCUT2D eigenvalue weighted by molar-refractivity contribution is 5.84. The molecule has 0 unspecified atom stereocenters. The van der Waals surface area contributed by atoms with Crippen LogP contribution in [0.3, 0.4) is 0 Å². The third-order valence-corrected chi connectivity index (χ3v) is 5.94. The number of nitrogens with one attached hydrogen (secondary N) is 1. The number of rotatable bonds is 5. The van der Waals surface area contributed by atoms with Crippen molar-refractivity contribution in [1.82, 2.24) is 24.7 Å². The maximum Gasteiger partial charge on any atom is 0.228 e. The van der Waals surface area contributed by atoms with Gasteiger partial charge >= 0.3 is 0 Å². The number of nitrogens with zero attached hydrogens (tertiary/aromatic N) is 6. The van der Waals surface area contributed by atoms with E-state index in [4.69, 9.17) is 19.1 Å². The van der Waals surface area contributed by atoms with E-state index in [2.05, 4.69) is 38.5 Å². The van der Waals surface area contributed by atoms with Crippen molar-refractivity contribution in [2.24, 2.45) is 7.05 Å². The summed E-state index contributed by atoms with van der Waals surface area (Å²) in [5, 5.41) is 8.90. The summed E-state index contributed by atoms with van der Waals surface area (Å²) in [5.41, 5.74) is 5.63. The van der Waals surface area contributed by atoms with E-state index >= 15 is 0 Å². The number of anilines is 3. The van der Waals surface area contributed by atoms with Crippen molar-refractivity contribution >= 4 is 28.4 Å². The van der Waals surface area contributed by atoms with Crippen LogP contribution in [0.1, 0.15) is 0 Å². The first kappa shape index (κ1) is 20.4. The van der Waals surface area contributed by atoms with E-state index in [9.17, 15) is 0 Å². The molecule has 1 saturated heterocycles. The second kappa shape index (κ2) is 8.60. The van der Waals surface area contributed by atoms with Gasteiger partial charge in [0.2, 0.25) is 5.95 Å². The van der Waals surface area contributed by atoms with Gasteiger partial charge in [0.05, 0.1) is 30.6 Å². The maximum atomic E-state index is 5.52.